The van der Waals surface area contributed by atoms with Gasteiger partial charge in [-0.05, 0) is 49.9 Å². The summed E-state index contributed by atoms with van der Waals surface area (Å²) in [5.74, 6) is 1.00. The van der Waals surface area contributed by atoms with Gasteiger partial charge in [0.15, 0.2) is 0 Å². The zero-order chi connectivity index (χ0) is 8.60. The number of methoxy groups -OCH3 is 1. The summed E-state index contributed by atoms with van der Waals surface area (Å²) in [6.45, 7) is 2.38. The summed E-state index contributed by atoms with van der Waals surface area (Å²) in [7, 11) is 1.85. The van der Waals surface area contributed by atoms with Crippen LogP contribution in [0, 0.1) is 11.3 Å². The predicted molar refractivity (Wildman–Crippen MR) is 50.1 cm³/mol. The van der Waals surface area contributed by atoms with Crippen LogP contribution in [0.1, 0.15) is 45.4 Å². The van der Waals surface area contributed by atoms with E-state index in [-0.39, 0.29) is 0 Å². The van der Waals surface area contributed by atoms with Crippen molar-refractivity contribution in [2.24, 2.45) is 11.3 Å². The maximum atomic E-state index is 5.38. The van der Waals surface area contributed by atoms with E-state index in [9.17, 15) is 0 Å². The van der Waals surface area contributed by atoms with Crippen LogP contribution >= 0.6 is 0 Å². The third kappa shape index (κ3) is 1.39. The topological polar surface area (TPSA) is 9.23 Å². The zero-order valence-electron chi connectivity index (χ0n) is 8.31. The Morgan fingerprint density at radius 3 is 2.17 bits per heavy atom. The first-order chi connectivity index (χ1) is 5.74. The Balaban J connectivity index is 1.83. The summed E-state index contributed by atoms with van der Waals surface area (Å²) in [6.07, 6.45) is 9.02. The first-order valence-electron chi connectivity index (χ1n) is 5.27. The van der Waals surface area contributed by atoms with Gasteiger partial charge in [0, 0.05) is 7.11 Å². The quantitative estimate of drug-likeness (QED) is 0.585. The van der Waals surface area contributed by atoms with E-state index in [0.29, 0.717) is 6.10 Å². The number of rotatable bonds is 1. The van der Waals surface area contributed by atoms with Crippen LogP contribution in [0.25, 0.3) is 0 Å². The minimum Gasteiger partial charge on any atom is -0.381 e. The Hall–Kier alpha value is -0.0400. The molecule has 2 saturated carbocycles. The molecule has 0 bridgehead atoms. The van der Waals surface area contributed by atoms with Crippen molar-refractivity contribution >= 4 is 0 Å². The average Bonchev–Trinajstić information content (AvgIpc) is 2.04. The van der Waals surface area contributed by atoms with Crippen LogP contribution in [0.3, 0.4) is 0 Å². The molecule has 0 atom stereocenters. The minimum atomic E-state index is 0.575. The van der Waals surface area contributed by atoms with E-state index < -0.39 is 0 Å². The van der Waals surface area contributed by atoms with Gasteiger partial charge in [-0.3, -0.25) is 0 Å². The Morgan fingerprint density at radius 1 is 1.17 bits per heavy atom. The van der Waals surface area contributed by atoms with Crippen molar-refractivity contribution in [1.82, 2.24) is 0 Å². The molecule has 0 aromatic heterocycles. The van der Waals surface area contributed by atoms with Gasteiger partial charge in [0.05, 0.1) is 6.10 Å². The molecule has 2 aliphatic carbocycles. The van der Waals surface area contributed by atoms with E-state index in [1.165, 1.54) is 38.5 Å². The fourth-order valence-electron chi connectivity index (χ4n) is 3.27. The van der Waals surface area contributed by atoms with Gasteiger partial charge in [-0.2, -0.15) is 0 Å². The molecule has 0 saturated heterocycles. The number of ether oxygens (including phenoxy) is 1. The first-order valence-corrected chi connectivity index (χ1v) is 5.27. The van der Waals surface area contributed by atoms with Gasteiger partial charge in [0.25, 0.3) is 0 Å². The van der Waals surface area contributed by atoms with Gasteiger partial charge >= 0.3 is 0 Å². The third-order valence-corrected chi connectivity index (χ3v) is 3.89. The molecule has 12 heavy (non-hydrogen) atoms. The molecule has 0 aliphatic heterocycles. The van der Waals surface area contributed by atoms with Gasteiger partial charge in [-0.15, -0.1) is 0 Å². The van der Waals surface area contributed by atoms with Gasteiger partial charge in [0.1, 0.15) is 0 Å². The minimum absolute atomic E-state index is 0.575. The second-order valence-corrected chi connectivity index (χ2v) is 4.95. The highest BCUT2D eigenvalue weighted by molar-refractivity contribution is 4.95. The normalized spacial score (nSPS) is 47.5. The zero-order valence-corrected chi connectivity index (χ0v) is 8.31. The Labute approximate surface area is 75.5 Å². The van der Waals surface area contributed by atoms with Crippen molar-refractivity contribution < 1.29 is 4.74 Å². The molecule has 0 unspecified atom stereocenters. The number of hydrogen-bond donors (Lipinski definition) is 0. The molecule has 1 spiro atoms. The molecule has 2 rings (SSSR count). The molecular formula is C11H20O. The molecule has 0 N–H and O–H groups in total. The highest BCUT2D eigenvalue weighted by Gasteiger charge is 2.43. The summed E-state index contributed by atoms with van der Waals surface area (Å²) in [4.78, 5) is 0. The van der Waals surface area contributed by atoms with Crippen LogP contribution in [0.2, 0.25) is 0 Å². The lowest BCUT2D eigenvalue weighted by Gasteiger charge is -2.50. The van der Waals surface area contributed by atoms with Crippen molar-refractivity contribution in [3.05, 3.63) is 0 Å². The Kier molecular flexibility index (Phi) is 2.16. The molecule has 2 fully saturated rings. The highest BCUT2D eigenvalue weighted by Crippen LogP contribution is 2.54. The van der Waals surface area contributed by atoms with Crippen molar-refractivity contribution in [2.75, 3.05) is 7.11 Å². The van der Waals surface area contributed by atoms with E-state index in [4.69, 9.17) is 4.74 Å². The van der Waals surface area contributed by atoms with Crippen LogP contribution in [0.4, 0.5) is 0 Å². The summed E-state index contributed by atoms with van der Waals surface area (Å²) in [6, 6.07) is 0. The molecule has 0 aromatic rings. The van der Waals surface area contributed by atoms with Crippen molar-refractivity contribution in [3.63, 3.8) is 0 Å². The second kappa shape index (κ2) is 3.02. The molecule has 1 heteroatoms. The van der Waals surface area contributed by atoms with Crippen molar-refractivity contribution in [3.8, 4) is 0 Å². The summed E-state index contributed by atoms with van der Waals surface area (Å²) in [5.41, 5.74) is 0.772. The largest absolute Gasteiger partial charge is 0.381 e. The van der Waals surface area contributed by atoms with Gasteiger partial charge in [0.2, 0.25) is 0 Å². The number of hydrogen-bond acceptors (Lipinski definition) is 1. The Morgan fingerprint density at radius 2 is 1.75 bits per heavy atom. The maximum absolute atomic E-state index is 5.38. The maximum Gasteiger partial charge on any atom is 0.0571 e. The fourth-order valence-corrected chi connectivity index (χ4v) is 3.27. The monoisotopic (exact) mass is 168 g/mol. The predicted octanol–water partition coefficient (Wildman–Crippen LogP) is 2.99. The molecule has 0 radical (unpaired) electrons. The van der Waals surface area contributed by atoms with E-state index in [0.717, 1.165) is 11.3 Å². The van der Waals surface area contributed by atoms with Crippen LogP contribution in [-0.2, 0) is 4.74 Å². The molecule has 2 aliphatic rings. The van der Waals surface area contributed by atoms with Gasteiger partial charge in [-0.1, -0.05) is 6.92 Å². The lowest BCUT2D eigenvalue weighted by atomic mass is 9.56. The van der Waals surface area contributed by atoms with E-state index in [1.807, 2.05) is 7.11 Å². The van der Waals surface area contributed by atoms with Crippen molar-refractivity contribution in [2.45, 2.75) is 51.6 Å². The SMILES string of the molecule is COC1CCC2(CC1)CC(C)C2. The van der Waals surface area contributed by atoms with Crippen LogP contribution in [-0.4, -0.2) is 13.2 Å². The molecular weight excluding hydrogens is 148 g/mol. The second-order valence-electron chi connectivity index (χ2n) is 4.95. The van der Waals surface area contributed by atoms with E-state index in [2.05, 4.69) is 6.92 Å². The fraction of sp³-hybridized carbons (Fsp3) is 1.00. The first kappa shape index (κ1) is 8.55. The van der Waals surface area contributed by atoms with Gasteiger partial charge in [-0.25, -0.2) is 0 Å². The molecule has 1 nitrogen and oxygen atoms in total. The third-order valence-electron chi connectivity index (χ3n) is 3.89. The van der Waals surface area contributed by atoms with Gasteiger partial charge < -0.3 is 4.74 Å². The summed E-state index contributed by atoms with van der Waals surface area (Å²) in [5, 5.41) is 0. The lowest BCUT2D eigenvalue weighted by molar-refractivity contribution is -0.0328. The van der Waals surface area contributed by atoms with Crippen LogP contribution in [0.15, 0.2) is 0 Å². The molecule has 0 heterocycles. The lowest BCUT2D eigenvalue weighted by Crippen LogP contribution is -2.40. The molecule has 0 amide bonds. The summed E-state index contributed by atoms with van der Waals surface area (Å²) >= 11 is 0. The Bertz CT molecular complexity index is 148. The van der Waals surface area contributed by atoms with Crippen LogP contribution < -0.4 is 0 Å². The van der Waals surface area contributed by atoms with Crippen molar-refractivity contribution in [1.29, 1.82) is 0 Å². The average molecular weight is 168 g/mol. The smallest absolute Gasteiger partial charge is 0.0571 e. The standard InChI is InChI=1S/C11H20O/c1-9-7-11(8-9)5-3-10(12-2)4-6-11/h9-10H,3-8H2,1-2H3. The molecule has 70 valence electrons. The van der Waals surface area contributed by atoms with Crippen LogP contribution in [0.5, 0.6) is 0 Å². The summed E-state index contributed by atoms with van der Waals surface area (Å²) < 4.78 is 5.38. The van der Waals surface area contributed by atoms with E-state index in [1.54, 1.807) is 0 Å². The van der Waals surface area contributed by atoms with E-state index >= 15 is 0 Å². The highest BCUT2D eigenvalue weighted by atomic mass is 16.5. The molecule has 0 aromatic carbocycles.